The summed E-state index contributed by atoms with van der Waals surface area (Å²) < 4.78 is 3.87. The first-order valence-corrected chi connectivity index (χ1v) is 2.48. The van der Waals surface area contributed by atoms with Crippen LogP contribution in [0.4, 0.5) is 0 Å². The van der Waals surface area contributed by atoms with Crippen LogP contribution in [-0.2, 0) is 14.3 Å². The zero-order chi connectivity index (χ0) is 7.28. The molecule has 0 heterocycles. The average molecular weight is 132 g/mol. The summed E-state index contributed by atoms with van der Waals surface area (Å²) in [6, 6.07) is 0. The van der Waals surface area contributed by atoms with Crippen molar-refractivity contribution < 1.29 is 19.4 Å². The van der Waals surface area contributed by atoms with Crippen LogP contribution in [0.5, 0.6) is 0 Å². The summed E-state index contributed by atoms with van der Waals surface area (Å²) in [5.74, 6) is -0.708. The Labute approximate surface area is 52.4 Å². The summed E-state index contributed by atoms with van der Waals surface area (Å²) >= 11 is 0. The first-order valence-electron chi connectivity index (χ1n) is 2.48. The van der Waals surface area contributed by atoms with Crippen LogP contribution in [0.2, 0.25) is 0 Å². The molecule has 0 bridgehead atoms. The van der Waals surface area contributed by atoms with Crippen LogP contribution in [-0.4, -0.2) is 23.7 Å². The van der Waals surface area contributed by atoms with Crippen molar-refractivity contribution in [2.75, 3.05) is 0 Å². The van der Waals surface area contributed by atoms with Crippen LogP contribution < -0.4 is 0 Å². The Kier molecular flexibility index (Phi) is 3.62. The molecule has 0 aromatic carbocycles. The van der Waals surface area contributed by atoms with Gasteiger partial charge in [0.25, 0.3) is 0 Å². The minimum absolute atomic E-state index is 0.0463. The molecule has 0 aromatic heterocycles. The van der Waals surface area contributed by atoms with Gasteiger partial charge < -0.3 is 9.84 Å². The summed E-state index contributed by atoms with van der Waals surface area (Å²) in [5, 5.41) is 8.53. The first kappa shape index (κ1) is 8.10. The van der Waals surface area contributed by atoms with E-state index >= 15 is 0 Å². The Morgan fingerprint density at radius 1 is 1.89 bits per heavy atom. The summed E-state index contributed by atoms with van der Waals surface area (Å²) in [4.78, 5) is 19.7. The van der Waals surface area contributed by atoms with Gasteiger partial charge >= 0.3 is 12.4 Å². The van der Waals surface area contributed by atoms with Gasteiger partial charge in [-0.2, -0.15) is 0 Å². The molecule has 0 saturated heterocycles. The Bertz CT molecular complexity index is 108. The molecular formula is C5H8O4. The van der Waals surface area contributed by atoms with Crippen molar-refractivity contribution in [2.24, 2.45) is 0 Å². The van der Waals surface area contributed by atoms with Crippen LogP contribution in [0.3, 0.4) is 0 Å². The van der Waals surface area contributed by atoms with Crippen molar-refractivity contribution >= 4 is 12.4 Å². The number of esters is 1. The van der Waals surface area contributed by atoms with Crippen LogP contribution >= 0.6 is 0 Å². The van der Waals surface area contributed by atoms with Crippen molar-refractivity contribution in [1.29, 1.82) is 0 Å². The van der Waals surface area contributed by atoms with Crippen molar-refractivity contribution in [3.63, 3.8) is 0 Å². The van der Waals surface area contributed by atoms with E-state index in [2.05, 4.69) is 4.74 Å². The highest BCUT2D eigenvalue weighted by molar-refractivity contribution is 5.76. The van der Waals surface area contributed by atoms with Crippen LogP contribution in [0.15, 0.2) is 0 Å². The van der Waals surface area contributed by atoms with E-state index in [9.17, 15) is 9.59 Å². The van der Waals surface area contributed by atoms with E-state index in [4.69, 9.17) is 5.11 Å². The normalized spacial score (nSPS) is 12.2. The molecule has 0 aromatic rings. The molecule has 9 heavy (non-hydrogen) atoms. The lowest BCUT2D eigenvalue weighted by molar-refractivity contribution is -0.152. The highest BCUT2D eigenvalue weighted by atomic mass is 16.6. The van der Waals surface area contributed by atoms with Gasteiger partial charge in [-0.1, -0.05) is 0 Å². The van der Waals surface area contributed by atoms with Gasteiger partial charge in [-0.3, -0.25) is 9.59 Å². The molecule has 0 aliphatic carbocycles. The molecule has 0 saturated carbocycles. The zero-order valence-corrected chi connectivity index (χ0v) is 5.03. The van der Waals surface area contributed by atoms with Gasteiger partial charge in [0.1, 0.15) is 0 Å². The molecule has 0 fully saturated rings. The van der Waals surface area contributed by atoms with E-state index in [0.29, 0.717) is 0 Å². The second kappa shape index (κ2) is 4.03. The van der Waals surface area contributed by atoms with Crippen LogP contribution in [0.25, 0.3) is 0 Å². The third-order valence-electron chi connectivity index (χ3n) is 0.642. The summed E-state index contributed by atoms with van der Waals surface area (Å²) in [6.07, 6.45) is -0.893. The summed E-state index contributed by atoms with van der Waals surface area (Å²) in [6.45, 7) is 1.48. The maximum absolute atomic E-state index is 10.2. The van der Waals surface area contributed by atoms with Gasteiger partial charge in [0.2, 0.25) is 0 Å². The van der Waals surface area contributed by atoms with Crippen molar-refractivity contribution in [2.45, 2.75) is 19.4 Å². The molecule has 0 amide bonds. The number of aliphatic hydroxyl groups excluding tert-OH is 1. The number of carbonyl (C=O) groups excluding carboxylic acids is 2. The fourth-order valence-corrected chi connectivity index (χ4v) is 0.343. The molecule has 1 N–H and O–H groups in total. The number of hydrogen-bond donors (Lipinski definition) is 1. The number of hydrogen-bond acceptors (Lipinski definition) is 4. The Balaban J connectivity index is 3.38. The second-order valence-corrected chi connectivity index (χ2v) is 1.64. The number of rotatable bonds is 3. The third kappa shape index (κ3) is 4.96. The van der Waals surface area contributed by atoms with Gasteiger partial charge in [-0.15, -0.1) is 0 Å². The molecule has 4 nitrogen and oxygen atoms in total. The third-order valence-corrected chi connectivity index (χ3v) is 0.642. The van der Waals surface area contributed by atoms with E-state index in [0.717, 1.165) is 0 Å². The fourth-order valence-electron chi connectivity index (χ4n) is 0.343. The lowest BCUT2D eigenvalue weighted by atomic mass is 10.3. The largest absolute Gasteiger partial charge is 0.395 e. The number of aliphatic hydroxyl groups is 1. The van der Waals surface area contributed by atoms with Crippen molar-refractivity contribution in [1.82, 2.24) is 0 Å². The SMILES string of the molecule is CC(O)CC(=O)OC=O. The smallest absolute Gasteiger partial charge is 0.315 e. The molecule has 0 spiro atoms. The molecule has 0 aliphatic rings. The molecule has 1 unspecified atom stereocenters. The summed E-state index contributed by atoms with van der Waals surface area (Å²) in [7, 11) is 0. The number of carbonyl (C=O) groups is 2. The lowest BCUT2D eigenvalue weighted by Gasteiger charge is -1.98. The van der Waals surface area contributed by atoms with E-state index in [1.807, 2.05) is 0 Å². The maximum atomic E-state index is 10.2. The lowest BCUT2D eigenvalue weighted by Crippen LogP contribution is -2.11. The highest BCUT2D eigenvalue weighted by Crippen LogP contribution is 1.90. The van der Waals surface area contributed by atoms with Gasteiger partial charge in [0.05, 0.1) is 12.5 Å². The fraction of sp³-hybridized carbons (Fsp3) is 0.600. The molecule has 0 radical (unpaired) electrons. The second-order valence-electron chi connectivity index (χ2n) is 1.64. The van der Waals surface area contributed by atoms with Crippen LogP contribution in [0, 0.1) is 0 Å². The van der Waals surface area contributed by atoms with E-state index in [-0.39, 0.29) is 12.9 Å². The monoisotopic (exact) mass is 132 g/mol. The van der Waals surface area contributed by atoms with Gasteiger partial charge in [0.15, 0.2) is 0 Å². The Morgan fingerprint density at radius 3 is 2.78 bits per heavy atom. The Morgan fingerprint density at radius 2 is 2.44 bits per heavy atom. The maximum Gasteiger partial charge on any atom is 0.315 e. The first-order chi connectivity index (χ1) is 4.16. The zero-order valence-electron chi connectivity index (χ0n) is 5.03. The summed E-state index contributed by atoms with van der Waals surface area (Å²) in [5.41, 5.74) is 0. The van der Waals surface area contributed by atoms with Crippen molar-refractivity contribution in [3.8, 4) is 0 Å². The predicted octanol–water partition coefficient (Wildman–Crippen LogP) is -0.543. The Hall–Kier alpha value is -0.900. The van der Waals surface area contributed by atoms with Gasteiger partial charge in [-0.25, -0.2) is 0 Å². The van der Waals surface area contributed by atoms with Gasteiger partial charge in [-0.05, 0) is 6.92 Å². The minimum atomic E-state index is -0.752. The topological polar surface area (TPSA) is 63.6 Å². The molecule has 4 heteroatoms. The highest BCUT2D eigenvalue weighted by Gasteiger charge is 2.05. The van der Waals surface area contributed by atoms with Gasteiger partial charge in [0, 0.05) is 0 Å². The molecular weight excluding hydrogens is 124 g/mol. The van der Waals surface area contributed by atoms with Crippen molar-refractivity contribution in [3.05, 3.63) is 0 Å². The van der Waals surface area contributed by atoms with Crippen LogP contribution in [0.1, 0.15) is 13.3 Å². The molecule has 0 aliphatic heterocycles. The van der Waals surface area contributed by atoms with E-state index in [1.165, 1.54) is 6.92 Å². The molecule has 52 valence electrons. The average Bonchev–Trinajstić information content (AvgIpc) is 1.63. The molecule has 1 atom stereocenters. The predicted molar refractivity (Wildman–Crippen MR) is 28.5 cm³/mol. The molecule has 0 rings (SSSR count). The minimum Gasteiger partial charge on any atom is -0.395 e. The standard InChI is InChI=1S/C5H8O4/c1-4(7)2-5(8)9-3-6/h3-4,7H,2H2,1H3. The van der Waals surface area contributed by atoms with E-state index < -0.39 is 12.1 Å². The quantitative estimate of drug-likeness (QED) is 0.318. The van der Waals surface area contributed by atoms with E-state index in [1.54, 1.807) is 0 Å². The number of ether oxygens (including phenoxy) is 1.